The number of nitrogens with one attached hydrogen (secondary N) is 2. The minimum atomic E-state index is 0.873. The predicted octanol–water partition coefficient (Wildman–Crippen LogP) is 0.903. The highest BCUT2D eigenvalue weighted by Crippen LogP contribution is 1.93. The zero-order chi connectivity index (χ0) is 11.5. The summed E-state index contributed by atoms with van der Waals surface area (Å²) in [5, 5.41) is 6.25. The standard InChI is InChI=1S/C11H26N4/c1-5-15(6-2)10-8-7-9-14-11(12-3)13-4/h5-10H2,1-4H3,(H2,12,13,14). The average Bonchev–Trinajstić information content (AvgIpc) is 2.29. The predicted molar refractivity (Wildman–Crippen MR) is 67.4 cm³/mol. The van der Waals surface area contributed by atoms with Gasteiger partial charge in [0.25, 0.3) is 0 Å². The maximum atomic E-state index is 4.06. The highest BCUT2D eigenvalue weighted by Gasteiger charge is 1.98. The summed E-state index contributed by atoms with van der Waals surface area (Å²) in [4.78, 5) is 6.51. The van der Waals surface area contributed by atoms with E-state index in [4.69, 9.17) is 0 Å². The van der Waals surface area contributed by atoms with Gasteiger partial charge < -0.3 is 15.5 Å². The fraction of sp³-hybridized carbons (Fsp3) is 0.909. The number of aliphatic imine (C=N–C) groups is 1. The molecule has 0 aliphatic rings. The van der Waals surface area contributed by atoms with Crippen LogP contribution in [-0.4, -0.2) is 51.1 Å². The molecule has 0 aromatic heterocycles. The van der Waals surface area contributed by atoms with Crippen molar-refractivity contribution < 1.29 is 0 Å². The van der Waals surface area contributed by atoms with E-state index in [-0.39, 0.29) is 0 Å². The van der Waals surface area contributed by atoms with Crippen molar-refractivity contribution in [1.29, 1.82) is 0 Å². The summed E-state index contributed by atoms with van der Waals surface area (Å²) in [6.07, 6.45) is 2.44. The number of unbranched alkanes of at least 4 members (excludes halogenated alkanes) is 1. The molecule has 0 aromatic rings. The summed E-state index contributed by atoms with van der Waals surface area (Å²) in [6.45, 7) is 8.93. The Morgan fingerprint density at radius 3 is 2.33 bits per heavy atom. The van der Waals surface area contributed by atoms with Crippen LogP contribution in [0.2, 0.25) is 0 Å². The molecule has 0 aliphatic carbocycles. The van der Waals surface area contributed by atoms with E-state index in [0.717, 1.165) is 25.6 Å². The summed E-state index contributed by atoms with van der Waals surface area (Å²) < 4.78 is 0. The Morgan fingerprint density at radius 1 is 1.20 bits per heavy atom. The van der Waals surface area contributed by atoms with Crippen LogP contribution in [0.3, 0.4) is 0 Å². The van der Waals surface area contributed by atoms with Gasteiger partial charge in [0.15, 0.2) is 5.96 Å². The second-order valence-corrected chi connectivity index (χ2v) is 3.48. The van der Waals surface area contributed by atoms with E-state index in [0.29, 0.717) is 0 Å². The highest BCUT2D eigenvalue weighted by molar-refractivity contribution is 5.79. The van der Waals surface area contributed by atoms with Gasteiger partial charge >= 0.3 is 0 Å². The van der Waals surface area contributed by atoms with E-state index in [1.54, 1.807) is 7.05 Å². The smallest absolute Gasteiger partial charge is 0.190 e. The number of hydrogen-bond donors (Lipinski definition) is 2. The van der Waals surface area contributed by atoms with Crippen LogP contribution in [0.15, 0.2) is 4.99 Å². The number of nitrogens with zero attached hydrogens (tertiary/aromatic N) is 2. The zero-order valence-corrected chi connectivity index (χ0v) is 10.6. The van der Waals surface area contributed by atoms with E-state index >= 15 is 0 Å². The third-order valence-corrected chi connectivity index (χ3v) is 2.55. The van der Waals surface area contributed by atoms with Crippen molar-refractivity contribution in [2.75, 3.05) is 40.3 Å². The Balaban J connectivity index is 3.38. The molecule has 0 atom stereocenters. The van der Waals surface area contributed by atoms with E-state index in [2.05, 4.69) is 34.4 Å². The minimum Gasteiger partial charge on any atom is -0.359 e. The van der Waals surface area contributed by atoms with Gasteiger partial charge in [0.1, 0.15) is 0 Å². The van der Waals surface area contributed by atoms with Crippen molar-refractivity contribution in [2.45, 2.75) is 26.7 Å². The Bertz CT molecular complexity index is 164. The van der Waals surface area contributed by atoms with Crippen molar-refractivity contribution in [3.05, 3.63) is 0 Å². The van der Waals surface area contributed by atoms with Gasteiger partial charge in [0.2, 0.25) is 0 Å². The molecule has 0 saturated heterocycles. The lowest BCUT2D eigenvalue weighted by Gasteiger charge is -2.17. The first-order chi connectivity index (χ1) is 7.28. The second-order valence-electron chi connectivity index (χ2n) is 3.48. The van der Waals surface area contributed by atoms with Crippen LogP contribution in [0.25, 0.3) is 0 Å². The first-order valence-corrected chi connectivity index (χ1v) is 5.89. The number of rotatable bonds is 7. The van der Waals surface area contributed by atoms with Crippen molar-refractivity contribution in [3.8, 4) is 0 Å². The molecular weight excluding hydrogens is 188 g/mol. The summed E-state index contributed by atoms with van der Waals surface area (Å²) >= 11 is 0. The normalized spacial score (nSPS) is 11.9. The fourth-order valence-electron chi connectivity index (χ4n) is 1.49. The first kappa shape index (κ1) is 14.2. The third-order valence-electron chi connectivity index (χ3n) is 2.55. The SMILES string of the molecule is CCN(CC)CCCCNC(=NC)NC. The zero-order valence-electron chi connectivity index (χ0n) is 10.6. The fourth-order valence-corrected chi connectivity index (χ4v) is 1.49. The van der Waals surface area contributed by atoms with Crippen LogP contribution in [0.5, 0.6) is 0 Å². The molecular formula is C11H26N4. The van der Waals surface area contributed by atoms with E-state index in [9.17, 15) is 0 Å². The van der Waals surface area contributed by atoms with Crippen LogP contribution < -0.4 is 10.6 Å². The van der Waals surface area contributed by atoms with Gasteiger partial charge in [-0.3, -0.25) is 4.99 Å². The van der Waals surface area contributed by atoms with E-state index < -0.39 is 0 Å². The summed E-state index contributed by atoms with van der Waals surface area (Å²) in [7, 11) is 3.67. The van der Waals surface area contributed by atoms with Gasteiger partial charge in [-0.05, 0) is 32.5 Å². The third kappa shape index (κ3) is 7.19. The van der Waals surface area contributed by atoms with Gasteiger partial charge in [-0.1, -0.05) is 13.8 Å². The van der Waals surface area contributed by atoms with Crippen molar-refractivity contribution in [1.82, 2.24) is 15.5 Å². The van der Waals surface area contributed by atoms with Crippen LogP contribution in [0.4, 0.5) is 0 Å². The Kier molecular flexibility index (Phi) is 9.27. The van der Waals surface area contributed by atoms with Crippen molar-refractivity contribution in [2.24, 2.45) is 4.99 Å². The highest BCUT2D eigenvalue weighted by atomic mass is 15.1. The minimum absolute atomic E-state index is 0.873. The molecule has 2 N–H and O–H groups in total. The molecule has 4 heteroatoms. The molecule has 0 radical (unpaired) electrons. The van der Waals surface area contributed by atoms with Gasteiger partial charge in [-0.2, -0.15) is 0 Å². The van der Waals surface area contributed by atoms with E-state index in [1.165, 1.54) is 19.4 Å². The van der Waals surface area contributed by atoms with Crippen LogP contribution in [0.1, 0.15) is 26.7 Å². The molecule has 0 spiro atoms. The largest absolute Gasteiger partial charge is 0.359 e. The van der Waals surface area contributed by atoms with Gasteiger partial charge in [-0.25, -0.2) is 0 Å². The maximum absolute atomic E-state index is 4.06. The number of hydrogen-bond acceptors (Lipinski definition) is 2. The van der Waals surface area contributed by atoms with Gasteiger partial charge in [-0.15, -0.1) is 0 Å². The summed E-state index contributed by atoms with van der Waals surface area (Å²) in [6, 6.07) is 0. The van der Waals surface area contributed by atoms with Crippen LogP contribution >= 0.6 is 0 Å². The van der Waals surface area contributed by atoms with Gasteiger partial charge in [0, 0.05) is 20.6 Å². The lowest BCUT2D eigenvalue weighted by molar-refractivity contribution is 0.297. The first-order valence-electron chi connectivity index (χ1n) is 5.89. The van der Waals surface area contributed by atoms with Crippen LogP contribution in [-0.2, 0) is 0 Å². The molecule has 0 fully saturated rings. The Morgan fingerprint density at radius 2 is 1.87 bits per heavy atom. The van der Waals surface area contributed by atoms with Gasteiger partial charge in [0.05, 0.1) is 0 Å². The molecule has 0 unspecified atom stereocenters. The summed E-state index contributed by atoms with van der Waals surface area (Å²) in [5.74, 6) is 0.873. The lowest BCUT2D eigenvalue weighted by Crippen LogP contribution is -2.35. The second kappa shape index (κ2) is 9.77. The molecule has 0 amide bonds. The lowest BCUT2D eigenvalue weighted by atomic mass is 10.3. The maximum Gasteiger partial charge on any atom is 0.190 e. The average molecular weight is 214 g/mol. The van der Waals surface area contributed by atoms with Crippen LogP contribution in [0, 0.1) is 0 Å². The molecule has 15 heavy (non-hydrogen) atoms. The topological polar surface area (TPSA) is 39.7 Å². The molecule has 4 nitrogen and oxygen atoms in total. The molecule has 0 aromatic carbocycles. The monoisotopic (exact) mass is 214 g/mol. The summed E-state index contributed by atoms with van der Waals surface area (Å²) in [5.41, 5.74) is 0. The molecule has 0 rings (SSSR count). The molecule has 0 heterocycles. The van der Waals surface area contributed by atoms with Crippen molar-refractivity contribution in [3.63, 3.8) is 0 Å². The quantitative estimate of drug-likeness (QED) is 0.376. The number of guanidine groups is 1. The van der Waals surface area contributed by atoms with E-state index in [1.807, 2.05) is 7.05 Å². The Hall–Kier alpha value is -0.770. The Labute approximate surface area is 94.1 Å². The van der Waals surface area contributed by atoms with Crippen molar-refractivity contribution >= 4 is 5.96 Å². The molecule has 0 bridgehead atoms. The molecule has 0 aliphatic heterocycles. The molecule has 90 valence electrons. The molecule has 0 saturated carbocycles.